The Morgan fingerprint density at radius 1 is 1.00 bits per heavy atom. The molecule has 0 bridgehead atoms. The van der Waals surface area contributed by atoms with Crippen molar-refractivity contribution < 1.29 is 23.8 Å². The molecule has 0 fully saturated rings. The summed E-state index contributed by atoms with van der Waals surface area (Å²) in [6.07, 6.45) is 0.216. The molecule has 0 heterocycles. The van der Waals surface area contributed by atoms with E-state index in [2.05, 4.69) is 5.32 Å². The van der Waals surface area contributed by atoms with Crippen molar-refractivity contribution in [1.29, 1.82) is 0 Å². The van der Waals surface area contributed by atoms with Crippen molar-refractivity contribution in [1.82, 2.24) is 0 Å². The maximum atomic E-state index is 12.0. The van der Waals surface area contributed by atoms with Gasteiger partial charge in [0.1, 0.15) is 0 Å². The number of hydrogen-bond donors (Lipinski definition) is 1. The van der Waals surface area contributed by atoms with Crippen molar-refractivity contribution in [2.24, 2.45) is 0 Å². The number of nitrogens with one attached hydrogen (secondary N) is 1. The standard InChI is InChI=1S/C20H23NO5/c1-14(15-7-5-4-6-8-15)11-20(23)26-13-19(22)21-16-9-10-17(24-2)18(12-16)25-3/h4-10,12,14H,11,13H2,1-3H3,(H,21,22). The molecule has 2 aromatic carbocycles. The summed E-state index contributed by atoms with van der Waals surface area (Å²) >= 11 is 0. The molecule has 0 aliphatic rings. The zero-order valence-electron chi connectivity index (χ0n) is 15.2. The van der Waals surface area contributed by atoms with Gasteiger partial charge in [-0.3, -0.25) is 9.59 Å². The number of amides is 1. The van der Waals surface area contributed by atoms with E-state index in [1.807, 2.05) is 37.3 Å². The third-order valence-electron chi connectivity index (χ3n) is 3.87. The van der Waals surface area contributed by atoms with Gasteiger partial charge in [0.15, 0.2) is 18.1 Å². The molecule has 0 radical (unpaired) electrons. The van der Waals surface area contributed by atoms with Crippen molar-refractivity contribution in [3.63, 3.8) is 0 Å². The lowest BCUT2D eigenvalue weighted by molar-refractivity contribution is -0.147. The lowest BCUT2D eigenvalue weighted by atomic mass is 9.98. The van der Waals surface area contributed by atoms with Crippen LogP contribution in [0.3, 0.4) is 0 Å². The Balaban J connectivity index is 1.82. The van der Waals surface area contributed by atoms with Crippen LogP contribution in [0.5, 0.6) is 11.5 Å². The van der Waals surface area contributed by atoms with Crippen LogP contribution in [0, 0.1) is 0 Å². The Hall–Kier alpha value is -3.02. The maximum Gasteiger partial charge on any atom is 0.306 e. The molecule has 1 N–H and O–H groups in total. The summed E-state index contributed by atoms with van der Waals surface area (Å²) in [4.78, 5) is 23.9. The first kappa shape index (κ1) is 19.3. The zero-order chi connectivity index (χ0) is 18.9. The monoisotopic (exact) mass is 357 g/mol. The quantitative estimate of drug-likeness (QED) is 0.733. The molecule has 1 atom stereocenters. The summed E-state index contributed by atoms with van der Waals surface area (Å²) in [7, 11) is 3.05. The first-order chi connectivity index (χ1) is 12.5. The smallest absolute Gasteiger partial charge is 0.306 e. The zero-order valence-corrected chi connectivity index (χ0v) is 15.2. The molecule has 2 rings (SSSR count). The molecule has 2 aromatic rings. The molecule has 0 saturated carbocycles. The van der Waals surface area contributed by atoms with Gasteiger partial charge in [0, 0.05) is 11.8 Å². The molecule has 0 aliphatic carbocycles. The van der Waals surface area contributed by atoms with Crippen LogP contribution in [0.4, 0.5) is 5.69 Å². The highest BCUT2D eigenvalue weighted by Crippen LogP contribution is 2.29. The van der Waals surface area contributed by atoms with Gasteiger partial charge in [-0.1, -0.05) is 37.3 Å². The summed E-state index contributed by atoms with van der Waals surface area (Å²) in [5.41, 5.74) is 1.58. The number of carbonyl (C=O) groups excluding carboxylic acids is 2. The van der Waals surface area contributed by atoms with Gasteiger partial charge in [-0.15, -0.1) is 0 Å². The lowest BCUT2D eigenvalue weighted by Crippen LogP contribution is -2.21. The summed E-state index contributed by atoms with van der Waals surface area (Å²) in [6.45, 7) is 1.61. The Morgan fingerprint density at radius 2 is 1.69 bits per heavy atom. The second kappa shape index (κ2) is 9.46. The normalized spacial score (nSPS) is 11.3. The van der Waals surface area contributed by atoms with Crippen LogP contribution in [0.15, 0.2) is 48.5 Å². The predicted octanol–water partition coefficient (Wildman–Crippen LogP) is 3.38. The van der Waals surface area contributed by atoms with Crippen molar-refractivity contribution in [3.8, 4) is 11.5 Å². The van der Waals surface area contributed by atoms with Crippen LogP contribution in [-0.2, 0) is 14.3 Å². The van der Waals surface area contributed by atoms with Crippen molar-refractivity contribution >= 4 is 17.6 Å². The van der Waals surface area contributed by atoms with E-state index in [0.29, 0.717) is 17.2 Å². The number of methoxy groups -OCH3 is 2. The van der Waals surface area contributed by atoms with Gasteiger partial charge in [0.25, 0.3) is 5.91 Å². The molecule has 138 valence electrons. The van der Waals surface area contributed by atoms with Gasteiger partial charge in [-0.2, -0.15) is 0 Å². The molecule has 1 unspecified atom stereocenters. The van der Waals surface area contributed by atoms with Crippen LogP contribution in [0.2, 0.25) is 0 Å². The van der Waals surface area contributed by atoms with Crippen LogP contribution >= 0.6 is 0 Å². The second-order valence-electron chi connectivity index (χ2n) is 5.79. The van der Waals surface area contributed by atoms with Crippen LogP contribution < -0.4 is 14.8 Å². The van der Waals surface area contributed by atoms with E-state index in [1.165, 1.54) is 14.2 Å². The van der Waals surface area contributed by atoms with E-state index in [-0.39, 0.29) is 18.9 Å². The van der Waals surface area contributed by atoms with E-state index >= 15 is 0 Å². The number of hydrogen-bond acceptors (Lipinski definition) is 5. The SMILES string of the molecule is COc1ccc(NC(=O)COC(=O)CC(C)c2ccccc2)cc1OC. The molecule has 0 aliphatic heterocycles. The number of ether oxygens (including phenoxy) is 3. The number of benzene rings is 2. The largest absolute Gasteiger partial charge is 0.493 e. The lowest BCUT2D eigenvalue weighted by Gasteiger charge is -2.12. The first-order valence-corrected chi connectivity index (χ1v) is 8.26. The molecule has 6 nitrogen and oxygen atoms in total. The van der Waals surface area contributed by atoms with Gasteiger partial charge < -0.3 is 19.5 Å². The topological polar surface area (TPSA) is 73.9 Å². The third kappa shape index (κ3) is 5.51. The molecular weight excluding hydrogens is 334 g/mol. The van der Waals surface area contributed by atoms with Crippen LogP contribution in [0.25, 0.3) is 0 Å². The average molecular weight is 357 g/mol. The molecule has 26 heavy (non-hydrogen) atoms. The van der Waals surface area contributed by atoms with Crippen molar-refractivity contribution in [2.45, 2.75) is 19.3 Å². The number of esters is 1. The number of anilines is 1. The Kier molecular flexibility index (Phi) is 7.02. The van der Waals surface area contributed by atoms with E-state index < -0.39 is 11.9 Å². The highest BCUT2D eigenvalue weighted by atomic mass is 16.5. The average Bonchev–Trinajstić information content (AvgIpc) is 2.67. The molecule has 1 amide bonds. The highest BCUT2D eigenvalue weighted by Gasteiger charge is 2.14. The maximum absolute atomic E-state index is 12.0. The van der Waals surface area contributed by atoms with E-state index in [0.717, 1.165) is 5.56 Å². The minimum atomic E-state index is -0.419. The van der Waals surface area contributed by atoms with E-state index in [4.69, 9.17) is 14.2 Å². The highest BCUT2D eigenvalue weighted by molar-refractivity contribution is 5.93. The van der Waals surface area contributed by atoms with Crippen LogP contribution in [0.1, 0.15) is 24.8 Å². The van der Waals surface area contributed by atoms with Crippen molar-refractivity contribution in [3.05, 3.63) is 54.1 Å². The Labute approximate surface area is 153 Å². The minimum Gasteiger partial charge on any atom is -0.493 e. The first-order valence-electron chi connectivity index (χ1n) is 8.26. The number of carbonyl (C=O) groups is 2. The predicted molar refractivity (Wildman–Crippen MR) is 98.6 cm³/mol. The Bertz CT molecular complexity index is 745. The van der Waals surface area contributed by atoms with E-state index in [1.54, 1.807) is 18.2 Å². The summed E-state index contributed by atoms with van der Waals surface area (Å²) in [6, 6.07) is 14.7. The van der Waals surface area contributed by atoms with E-state index in [9.17, 15) is 9.59 Å². The van der Waals surface area contributed by atoms with Gasteiger partial charge in [0.2, 0.25) is 0 Å². The van der Waals surface area contributed by atoms with Gasteiger partial charge in [-0.05, 0) is 23.6 Å². The van der Waals surface area contributed by atoms with Gasteiger partial charge in [0.05, 0.1) is 20.6 Å². The fourth-order valence-electron chi connectivity index (χ4n) is 2.47. The fraction of sp³-hybridized carbons (Fsp3) is 0.300. The summed E-state index contributed by atoms with van der Waals surface area (Å²) in [5, 5.41) is 2.66. The molecular formula is C20H23NO5. The van der Waals surface area contributed by atoms with Gasteiger partial charge in [-0.25, -0.2) is 0 Å². The van der Waals surface area contributed by atoms with Gasteiger partial charge >= 0.3 is 5.97 Å². The minimum absolute atomic E-state index is 0.0256. The summed E-state index contributed by atoms with van der Waals surface area (Å²) in [5.74, 6) is 0.255. The summed E-state index contributed by atoms with van der Waals surface area (Å²) < 4.78 is 15.4. The Morgan fingerprint density at radius 3 is 2.35 bits per heavy atom. The number of rotatable bonds is 8. The second-order valence-corrected chi connectivity index (χ2v) is 5.79. The molecule has 0 saturated heterocycles. The fourth-order valence-corrected chi connectivity index (χ4v) is 2.47. The third-order valence-corrected chi connectivity index (χ3v) is 3.87. The van der Waals surface area contributed by atoms with Crippen molar-refractivity contribution in [2.75, 3.05) is 26.1 Å². The van der Waals surface area contributed by atoms with Crippen LogP contribution in [-0.4, -0.2) is 32.7 Å². The molecule has 0 aromatic heterocycles. The molecule has 6 heteroatoms. The molecule has 0 spiro atoms.